The molecular formula is C8H11Br. The van der Waals surface area contributed by atoms with Crippen LogP contribution < -0.4 is 0 Å². The number of alkyl halides is 1. The Hall–Kier alpha value is -0.220. The quantitative estimate of drug-likeness (QED) is 0.276. The van der Waals surface area contributed by atoms with Crippen LogP contribution in [-0.4, -0.2) is 5.33 Å². The fourth-order valence-electron chi connectivity index (χ4n) is 0.461. The monoisotopic (exact) mass is 186 g/mol. The molecule has 0 radical (unpaired) electrons. The molecule has 0 spiro atoms. The van der Waals surface area contributed by atoms with Crippen molar-refractivity contribution >= 4 is 15.9 Å². The second-order valence-corrected chi connectivity index (χ2v) is 2.24. The molecule has 0 fully saturated rings. The number of halogens is 1. The average Bonchev–Trinajstić information content (AvgIpc) is 1.89. The van der Waals surface area contributed by atoms with Crippen molar-refractivity contribution in [1.29, 1.82) is 0 Å². The predicted molar refractivity (Wildman–Crippen MR) is 45.6 cm³/mol. The molecule has 0 amide bonds. The molecule has 0 aliphatic carbocycles. The van der Waals surface area contributed by atoms with Gasteiger partial charge in [-0.25, -0.2) is 0 Å². The normalized spacial score (nSPS) is 9.11. The Balaban J connectivity index is 3.06. The highest BCUT2D eigenvalue weighted by Gasteiger charge is 1.72. The lowest BCUT2D eigenvalue weighted by atomic mass is 10.3. The first kappa shape index (κ1) is 8.78. The predicted octanol–water partition coefficient (Wildman–Crippen LogP) is 2.74. The number of allylic oxidation sites excluding steroid dienone is 2. The first-order valence-electron chi connectivity index (χ1n) is 3.02. The van der Waals surface area contributed by atoms with Crippen molar-refractivity contribution in [3.63, 3.8) is 0 Å². The summed E-state index contributed by atoms with van der Waals surface area (Å²) in [6.45, 7) is 1.87. The van der Waals surface area contributed by atoms with Crippen molar-refractivity contribution in [2.24, 2.45) is 0 Å². The number of rotatable bonds is 3. The summed E-state index contributed by atoms with van der Waals surface area (Å²) in [6, 6.07) is 0. The standard InChI is InChI=1S/C8H11Br/c1-2-3-4-5-6-7-8-9/h6-7H,4-5,8H2,1H3/b7-6+. The van der Waals surface area contributed by atoms with E-state index in [1.54, 1.807) is 0 Å². The molecule has 0 aromatic carbocycles. The summed E-state index contributed by atoms with van der Waals surface area (Å²) < 4.78 is 0. The van der Waals surface area contributed by atoms with Crippen LogP contribution >= 0.6 is 15.9 Å². The zero-order chi connectivity index (χ0) is 6.95. The second-order valence-electron chi connectivity index (χ2n) is 1.59. The SMILES string of the molecule is CC#CCC/C=C/CBr. The maximum atomic E-state index is 3.30. The lowest BCUT2D eigenvalue weighted by Gasteiger charge is -1.80. The minimum absolute atomic E-state index is 0.951. The third-order valence-electron chi connectivity index (χ3n) is 0.869. The van der Waals surface area contributed by atoms with E-state index in [-0.39, 0.29) is 0 Å². The molecule has 0 saturated carbocycles. The summed E-state index contributed by atoms with van der Waals surface area (Å²) in [5.41, 5.74) is 0. The van der Waals surface area contributed by atoms with Crippen molar-refractivity contribution in [3.8, 4) is 11.8 Å². The van der Waals surface area contributed by atoms with Gasteiger partial charge in [-0.1, -0.05) is 28.1 Å². The minimum atomic E-state index is 0.951. The molecular weight excluding hydrogens is 176 g/mol. The second kappa shape index (κ2) is 7.78. The summed E-state index contributed by atoms with van der Waals surface area (Å²) in [6.07, 6.45) is 6.29. The zero-order valence-corrected chi connectivity index (χ0v) is 7.24. The van der Waals surface area contributed by atoms with Crippen molar-refractivity contribution < 1.29 is 0 Å². The van der Waals surface area contributed by atoms with Crippen LogP contribution in [0.2, 0.25) is 0 Å². The van der Waals surface area contributed by atoms with E-state index < -0.39 is 0 Å². The maximum Gasteiger partial charge on any atom is 0.0212 e. The number of hydrogen-bond acceptors (Lipinski definition) is 0. The molecule has 0 saturated heterocycles. The van der Waals surface area contributed by atoms with Gasteiger partial charge in [0.1, 0.15) is 0 Å². The van der Waals surface area contributed by atoms with E-state index >= 15 is 0 Å². The van der Waals surface area contributed by atoms with Gasteiger partial charge < -0.3 is 0 Å². The van der Waals surface area contributed by atoms with Gasteiger partial charge in [0.15, 0.2) is 0 Å². The van der Waals surface area contributed by atoms with Gasteiger partial charge >= 0.3 is 0 Å². The van der Waals surface area contributed by atoms with Crippen LogP contribution in [0.15, 0.2) is 12.2 Å². The van der Waals surface area contributed by atoms with Crippen molar-refractivity contribution in [3.05, 3.63) is 12.2 Å². The molecule has 0 aliphatic rings. The van der Waals surface area contributed by atoms with Gasteiger partial charge in [-0.2, -0.15) is 0 Å². The molecule has 0 atom stereocenters. The van der Waals surface area contributed by atoms with E-state index in [1.165, 1.54) is 0 Å². The highest BCUT2D eigenvalue weighted by atomic mass is 79.9. The van der Waals surface area contributed by atoms with Gasteiger partial charge in [0.05, 0.1) is 0 Å². The average molecular weight is 187 g/mol. The van der Waals surface area contributed by atoms with Crippen molar-refractivity contribution in [2.75, 3.05) is 5.33 Å². The molecule has 0 rings (SSSR count). The van der Waals surface area contributed by atoms with Gasteiger partial charge in [-0.15, -0.1) is 11.8 Å². The molecule has 0 aromatic heterocycles. The Morgan fingerprint density at radius 2 is 2.22 bits per heavy atom. The fourth-order valence-corrected chi connectivity index (χ4v) is 0.726. The molecule has 50 valence electrons. The molecule has 0 N–H and O–H groups in total. The molecule has 0 aromatic rings. The van der Waals surface area contributed by atoms with Crippen LogP contribution in [-0.2, 0) is 0 Å². The zero-order valence-electron chi connectivity index (χ0n) is 5.65. The van der Waals surface area contributed by atoms with Crippen LogP contribution in [0.25, 0.3) is 0 Å². The van der Waals surface area contributed by atoms with E-state index in [2.05, 4.69) is 39.9 Å². The number of unbranched alkanes of at least 4 members (excludes halogenated alkanes) is 1. The molecule has 1 heteroatoms. The third kappa shape index (κ3) is 7.78. The minimum Gasteiger partial charge on any atom is -0.107 e. The summed E-state index contributed by atoms with van der Waals surface area (Å²) in [7, 11) is 0. The largest absolute Gasteiger partial charge is 0.107 e. The Morgan fingerprint density at radius 3 is 2.78 bits per heavy atom. The van der Waals surface area contributed by atoms with E-state index in [0.717, 1.165) is 18.2 Å². The van der Waals surface area contributed by atoms with Crippen LogP contribution in [0.4, 0.5) is 0 Å². The Bertz CT molecular complexity index is 125. The molecule has 0 bridgehead atoms. The van der Waals surface area contributed by atoms with Gasteiger partial charge in [0, 0.05) is 11.8 Å². The molecule has 0 unspecified atom stereocenters. The molecule has 0 aliphatic heterocycles. The summed E-state index contributed by atoms with van der Waals surface area (Å²) in [4.78, 5) is 0. The molecule has 0 heterocycles. The van der Waals surface area contributed by atoms with Crippen LogP contribution in [0.3, 0.4) is 0 Å². The Morgan fingerprint density at radius 1 is 1.44 bits per heavy atom. The van der Waals surface area contributed by atoms with Gasteiger partial charge in [0.2, 0.25) is 0 Å². The fraction of sp³-hybridized carbons (Fsp3) is 0.500. The topological polar surface area (TPSA) is 0 Å². The van der Waals surface area contributed by atoms with Crippen molar-refractivity contribution in [2.45, 2.75) is 19.8 Å². The lowest BCUT2D eigenvalue weighted by molar-refractivity contribution is 1.08. The molecule has 9 heavy (non-hydrogen) atoms. The summed E-state index contributed by atoms with van der Waals surface area (Å²) >= 11 is 3.30. The maximum absolute atomic E-state index is 3.30. The Kier molecular flexibility index (Phi) is 7.59. The van der Waals surface area contributed by atoms with Crippen LogP contribution in [0, 0.1) is 11.8 Å². The number of hydrogen-bond donors (Lipinski definition) is 0. The van der Waals surface area contributed by atoms with E-state index in [0.29, 0.717) is 0 Å². The van der Waals surface area contributed by atoms with Crippen LogP contribution in [0.5, 0.6) is 0 Å². The Labute approximate surface area is 65.5 Å². The van der Waals surface area contributed by atoms with Gasteiger partial charge in [-0.3, -0.25) is 0 Å². The van der Waals surface area contributed by atoms with E-state index in [4.69, 9.17) is 0 Å². The van der Waals surface area contributed by atoms with Crippen molar-refractivity contribution in [1.82, 2.24) is 0 Å². The smallest absolute Gasteiger partial charge is 0.0212 e. The molecule has 0 nitrogen and oxygen atoms in total. The van der Waals surface area contributed by atoms with E-state index in [9.17, 15) is 0 Å². The third-order valence-corrected chi connectivity index (χ3v) is 1.24. The van der Waals surface area contributed by atoms with Gasteiger partial charge in [0.25, 0.3) is 0 Å². The first-order chi connectivity index (χ1) is 4.41. The summed E-state index contributed by atoms with van der Waals surface area (Å²) in [5.74, 6) is 5.84. The first-order valence-corrected chi connectivity index (χ1v) is 4.14. The highest BCUT2D eigenvalue weighted by Crippen LogP contribution is 1.90. The summed E-state index contributed by atoms with van der Waals surface area (Å²) in [5, 5.41) is 0.951. The van der Waals surface area contributed by atoms with Crippen LogP contribution in [0.1, 0.15) is 19.8 Å². The lowest BCUT2D eigenvalue weighted by Crippen LogP contribution is -1.64. The highest BCUT2D eigenvalue weighted by molar-refractivity contribution is 9.09. The van der Waals surface area contributed by atoms with Gasteiger partial charge in [-0.05, 0) is 13.3 Å². The van der Waals surface area contributed by atoms with E-state index in [1.807, 2.05) is 6.92 Å².